The summed E-state index contributed by atoms with van der Waals surface area (Å²) in [7, 11) is 1.78. The number of fused-ring (bicyclic) bond motifs is 1. The fraction of sp³-hybridized carbons (Fsp3) is 0.182. The SMILES string of the molecule is Cc1nn(-c2ccccc2)c(C)c1CN(C)C(=O)c1cnc2ccccc2n1. The molecule has 0 radical (unpaired) electrons. The third kappa shape index (κ3) is 3.24. The lowest BCUT2D eigenvalue weighted by molar-refractivity contribution is 0.0779. The molecule has 1 amide bonds. The van der Waals surface area contributed by atoms with E-state index < -0.39 is 0 Å². The molecule has 4 rings (SSSR count). The standard InChI is InChI=1S/C22H21N5O/c1-15-18(16(2)27(25-15)17-9-5-4-6-10-17)14-26(3)22(28)21-13-23-19-11-7-8-12-20(19)24-21/h4-13H,14H2,1-3H3. The zero-order chi connectivity index (χ0) is 19.7. The van der Waals surface area contributed by atoms with Gasteiger partial charge in [-0.15, -0.1) is 0 Å². The summed E-state index contributed by atoms with van der Waals surface area (Å²) in [6.45, 7) is 4.45. The molecule has 0 aliphatic heterocycles. The third-order valence-electron chi connectivity index (χ3n) is 4.85. The molecule has 0 aliphatic carbocycles. The molecular weight excluding hydrogens is 350 g/mol. The van der Waals surface area contributed by atoms with Crippen LogP contribution >= 0.6 is 0 Å². The van der Waals surface area contributed by atoms with Gasteiger partial charge in [0.1, 0.15) is 5.69 Å². The van der Waals surface area contributed by atoms with Gasteiger partial charge >= 0.3 is 0 Å². The maximum absolute atomic E-state index is 12.9. The highest BCUT2D eigenvalue weighted by Gasteiger charge is 2.19. The average Bonchev–Trinajstić information content (AvgIpc) is 3.01. The van der Waals surface area contributed by atoms with Gasteiger partial charge in [0.25, 0.3) is 5.91 Å². The third-order valence-corrected chi connectivity index (χ3v) is 4.85. The summed E-state index contributed by atoms with van der Waals surface area (Å²) in [5.74, 6) is -0.162. The second kappa shape index (κ2) is 7.23. The predicted molar refractivity (Wildman–Crippen MR) is 108 cm³/mol. The minimum Gasteiger partial charge on any atom is -0.336 e. The largest absolute Gasteiger partial charge is 0.336 e. The number of hydrogen-bond donors (Lipinski definition) is 0. The van der Waals surface area contributed by atoms with Crippen molar-refractivity contribution in [1.82, 2.24) is 24.6 Å². The number of nitrogens with zero attached hydrogens (tertiary/aromatic N) is 5. The molecule has 4 aromatic rings. The molecule has 0 atom stereocenters. The van der Waals surface area contributed by atoms with Gasteiger partial charge in [0.15, 0.2) is 0 Å². The molecule has 6 heteroatoms. The molecule has 2 aromatic heterocycles. The molecule has 0 bridgehead atoms. The first-order valence-electron chi connectivity index (χ1n) is 9.12. The highest BCUT2D eigenvalue weighted by atomic mass is 16.2. The predicted octanol–water partition coefficient (Wildman–Crippen LogP) is 3.70. The Morgan fingerprint density at radius 2 is 1.68 bits per heavy atom. The van der Waals surface area contributed by atoms with Crippen LogP contribution in [0.1, 0.15) is 27.4 Å². The Hall–Kier alpha value is -3.54. The lowest BCUT2D eigenvalue weighted by atomic mass is 10.2. The van der Waals surface area contributed by atoms with E-state index in [9.17, 15) is 4.79 Å². The van der Waals surface area contributed by atoms with Crippen LogP contribution in [0.3, 0.4) is 0 Å². The number of hydrogen-bond acceptors (Lipinski definition) is 4. The van der Waals surface area contributed by atoms with Crippen molar-refractivity contribution < 1.29 is 4.79 Å². The molecule has 0 saturated carbocycles. The Morgan fingerprint density at radius 3 is 2.43 bits per heavy atom. The number of carbonyl (C=O) groups excluding carboxylic acids is 1. The van der Waals surface area contributed by atoms with Gasteiger partial charge in [0, 0.05) is 24.8 Å². The molecule has 0 N–H and O–H groups in total. The number of para-hydroxylation sites is 3. The van der Waals surface area contributed by atoms with Gasteiger partial charge in [-0.3, -0.25) is 9.78 Å². The Balaban J connectivity index is 1.60. The Kier molecular flexibility index (Phi) is 4.61. The van der Waals surface area contributed by atoms with Gasteiger partial charge in [-0.25, -0.2) is 9.67 Å². The maximum atomic E-state index is 12.9. The number of carbonyl (C=O) groups is 1. The molecule has 0 unspecified atom stereocenters. The molecule has 0 fully saturated rings. The summed E-state index contributed by atoms with van der Waals surface area (Å²) in [6, 6.07) is 17.5. The van der Waals surface area contributed by atoms with Gasteiger partial charge in [-0.1, -0.05) is 30.3 Å². The first kappa shape index (κ1) is 17.9. The minimum atomic E-state index is -0.162. The van der Waals surface area contributed by atoms with Crippen LogP contribution in [0.5, 0.6) is 0 Å². The summed E-state index contributed by atoms with van der Waals surface area (Å²) in [5, 5.41) is 4.66. The summed E-state index contributed by atoms with van der Waals surface area (Å²) < 4.78 is 1.92. The van der Waals surface area contributed by atoms with Crippen LogP contribution in [0.15, 0.2) is 60.8 Å². The minimum absolute atomic E-state index is 0.162. The molecule has 140 valence electrons. The summed E-state index contributed by atoms with van der Waals surface area (Å²) in [4.78, 5) is 23.4. The van der Waals surface area contributed by atoms with Crippen molar-refractivity contribution in [2.75, 3.05) is 7.05 Å². The van der Waals surface area contributed by atoms with Crippen LogP contribution in [-0.2, 0) is 6.54 Å². The van der Waals surface area contributed by atoms with Crippen molar-refractivity contribution in [3.05, 3.63) is 83.4 Å². The molecule has 28 heavy (non-hydrogen) atoms. The van der Waals surface area contributed by atoms with E-state index in [2.05, 4.69) is 15.1 Å². The monoisotopic (exact) mass is 371 g/mol. The number of amides is 1. The zero-order valence-electron chi connectivity index (χ0n) is 16.1. The van der Waals surface area contributed by atoms with Crippen LogP contribution in [-0.4, -0.2) is 37.6 Å². The second-order valence-electron chi connectivity index (χ2n) is 6.80. The van der Waals surface area contributed by atoms with E-state index in [4.69, 9.17) is 0 Å². The van der Waals surface area contributed by atoms with Crippen molar-refractivity contribution in [3.8, 4) is 5.69 Å². The molecule has 2 aromatic carbocycles. The van der Waals surface area contributed by atoms with Gasteiger partial charge in [0.2, 0.25) is 0 Å². The first-order chi connectivity index (χ1) is 13.5. The molecule has 6 nitrogen and oxygen atoms in total. The fourth-order valence-electron chi connectivity index (χ4n) is 3.29. The van der Waals surface area contributed by atoms with E-state index in [0.717, 1.165) is 28.2 Å². The number of benzene rings is 2. The van der Waals surface area contributed by atoms with Gasteiger partial charge in [-0.05, 0) is 38.1 Å². The highest BCUT2D eigenvalue weighted by Crippen LogP contribution is 2.20. The van der Waals surface area contributed by atoms with Crippen LogP contribution < -0.4 is 0 Å². The lowest BCUT2D eigenvalue weighted by Crippen LogP contribution is -2.27. The van der Waals surface area contributed by atoms with E-state index in [-0.39, 0.29) is 5.91 Å². The topological polar surface area (TPSA) is 63.9 Å². The molecule has 2 heterocycles. The number of rotatable bonds is 4. The summed E-state index contributed by atoms with van der Waals surface area (Å²) in [5.41, 5.74) is 5.80. The number of aromatic nitrogens is 4. The quantitative estimate of drug-likeness (QED) is 0.549. The Bertz CT molecular complexity index is 1150. The van der Waals surface area contributed by atoms with Crippen LogP contribution in [0.25, 0.3) is 16.7 Å². The average molecular weight is 371 g/mol. The number of aryl methyl sites for hydroxylation is 1. The van der Waals surface area contributed by atoms with Crippen molar-refractivity contribution in [2.45, 2.75) is 20.4 Å². The van der Waals surface area contributed by atoms with Crippen molar-refractivity contribution in [1.29, 1.82) is 0 Å². The van der Waals surface area contributed by atoms with Gasteiger partial charge in [0.05, 0.1) is 28.6 Å². The van der Waals surface area contributed by atoms with Crippen LogP contribution in [0.4, 0.5) is 0 Å². The molecule has 0 aliphatic rings. The van der Waals surface area contributed by atoms with E-state index in [0.29, 0.717) is 17.8 Å². The maximum Gasteiger partial charge on any atom is 0.274 e. The first-order valence-corrected chi connectivity index (χ1v) is 9.12. The van der Waals surface area contributed by atoms with Crippen molar-refractivity contribution in [3.63, 3.8) is 0 Å². The highest BCUT2D eigenvalue weighted by molar-refractivity contribution is 5.93. The van der Waals surface area contributed by atoms with Gasteiger partial charge in [-0.2, -0.15) is 5.10 Å². The lowest BCUT2D eigenvalue weighted by Gasteiger charge is -2.17. The van der Waals surface area contributed by atoms with Crippen LogP contribution in [0.2, 0.25) is 0 Å². The molecule has 0 spiro atoms. The van der Waals surface area contributed by atoms with E-state index in [1.165, 1.54) is 6.20 Å². The fourth-order valence-corrected chi connectivity index (χ4v) is 3.29. The molecular formula is C22H21N5O. The van der Waals surface area contributed by atoms with E-state index in [1.807, 2.05) is 73.1 Å². The summed E-state index contributed by atoms with van der Waals surface area (Å²) in [6.07, 6.45) is 1.54. The van der Waals surface area contributed by atoms with Crippen LogP contribution in [0, 0.1) is 13.8 Å². The van der Waals surface area contributed by atoms with Gasteiger partial charge < -0.3 is 4.90 Å². The van der Waals surface area contributed by atoms with Crippen molar-refractivity contribution >= 4 is 16.9 Å². The Labute approximate surface area is 163 Å². The van der Waals surface area contributed by atoms with E-state index >= 15 is 0 Å². The smallest absolute Gasteiger partial charge is 0.274 e. The molecule has 0 saturated heterocycles. The zero-order valence-corrected chi connectivity index (χ0v) is 16.1. The van der Waals surface area contributed by atoms with E-state index in [1.54, 1.807) is 11.9 Å². The normalized spacial score (nSPS) is 11.0. The Morgan fingerprint density at radius 1 is 1.00 bits per heavy atom. The summed E-state index contributed by atoms with van der Waals surface area (Å²) >= 11 is 0. The second-order valence-corrected chi connectivity index (χ2v) is 6.80. The van der Waals surface area contributed by atoms with Crippen molar-refractivity contribution in [2.24, 2.45) is 0 Å².